The molecule has 0 amide bonds. The van der Waals surface area contributed by atoms with Crippen LogP contribution >= 0.6 is 0 Å². The zero-order valence-electron chi connectivity index (χ0n) is 8.70. The van der Waals surface area contributed by atoms with Gasteiger partial charge >= 0.3 is 0 Å². The first-order chi connectivity index (χ1) is 5.52. The number of rotatable bonds is 4. The summed E-state index contributed by atoms with van der Waals surface area (Å²) in [6.45, 7) is 3.08. The van der Waals surface area contributed by atoms with Crippen LogP contribution in [0.1, 0.15) is 6.92 Å². The monoisotopic (exact) mass is 169 g/mol. The molecule has 0 aromatic carbocycles. The number of nitrogens with zero attached hydrogens (tertiary/aromatic N) is 3. The number of hydrogen-bond donors (Lipinski definition) is 0. The van der Waals surface area contributed by atoms with Crippen molar-refractivity contribution in [3.05, 3.63) is 11.6 Å². The third-order valence-electron chi connectivity index (χ3n) is 1.22. The van der Waals surface area contributed by atoms with E-state index < -0.39 is 0 Å². The predicted molar refractivity (Wildman–Crippen MR) is 54.5 cm³/mol. The van der Waals surface area contributed by atoms with Gasteiger partial charge in [-0.1, -0.05) is 5.57 Å². The van der Waals surface area contributed by atoms with Crippen LogP contribution in [0.3, 0.4) is 0 Å². The first kappa shape index (κ1) is 11.2. The minimum atomic E-state index is 0.986. The maximum Gasteiger partial charge on any atom is 0.0470 e. The Morgan fingerprint density at radius 2 is 1.83 bits per heavy atom. The van der Waals surface area contributed by atoms with Crippen LogP contribution in [0.4, 0.5) is 0 Å². The Kier molecular flexibility index (Phi) is 5.37. The van der Waals surface area contributed by atoms with Crippen molar-refractivity contribution in [1.29, 1.82) is 0 Å². The van der Waals surface area contributed by atoms with E-state index in [0.717, 1.165) is 6.54 Å². The van der Waals surface area contributed by atoms with Gasteiger partial charge in [0.05, 0.1) is 0 Å². The van der Waals surface area contributed by atoms with Gasteiger partial charge in [0.1, 0.15) is 0 Å². The van der Waals surface area contributed by atoms with Crippen molar-refractivity contribution in [2.45, 2.75) is 6.92 Å². The van der Waals surface area contributed by atoms with E-state index in [2.05, 4.69) is 31.0 Å². The van der Waals surface area contributed by atoms with Gasteiger partial charge in [-0.25, -0.2) is 0 Å². The molecule has 0 aromatic rings. The maximum absolute atomic E-state index is 4.09. The van der Waals surface area contributed by atoms with Gasteiger partial charge < -0.3 is 9.91 Å². The lowest BCUT2D eigenvalue weighted by Gasteiger charge is -2.08. The van der Waals surface area contributed by atoms with Crippen molar-refractivity contribution in [3.8, 4) is 0 Å². The standard InChI is InChI=1S/C9H19N3/c1-9(8-11(2)3)6-7-10-12(4)5/h6-7H,8H2,1-5H3/b9-6+,10-7+. The molecule has 3 nitrogen and oxygen atoms in total. The summed E-state index contributed by atoms with van der Waals surface area (Å²) in [5.74, 6) is 0. The molecule has 0 atom stereocenters. The SMILES string of the molecule is C/C(=C\C=N\N(C)C)CN(C)C. The van der Waals surface area contributed by atoms with Crippen LogP contribution in [0.2, 0.25) is 0 Å². The van der Waals surface area contributed by atoms with Crippen LogP contribution in [0.15, 0.2) is 16.8 Å². The summed E-state index contributed by atoms with van der Waals surface area (Å²) in [7, 11) is 7.93. The Morgan fingerprint density at radius 3 is 2.25 bits per heavy atom. The van der Waals surface area contributed by atoms with E-state index in [-0.39, 0.29) is 0 Å². The summed E-state index contributed by atoms with van der Waals surface area (Å²) in [4.78, 5) is 2.13. The Labute approximate surface area is 75.4 Å². The molecule has 0 heterocycles. The molecule has 0 N–H and O–H groups in total. The zero-order chi connectivity index (χ0) is 9.56. The van der Waals surface area contributed by atoms with Crippen LogP contribution in [0, 0.1) is 0 Å². The van der Waals surface area contributed by atoms with Crippen LogP contribution < -0.4 is 0 Å². The summed E-state index contributed by atoms with van der Waals surface area (Å²) in [6, 6.07) is 0. The van der Waals surface area contributed by atoms with Gasteiger partial charge in [0.25, 0.3) is 0 Å². The molecule has 12 heavy (non-hydrogen) atoms. The second-order valence-electron chi connectivity index (χ2n) is 3.36. The first-order valence-electron chi connectivity index (χ1n) is 4.04. The van der Waals surface area contributed by atoms with E-state index in [4.69, 9.17) is 0 Å². The second-order valence-corrected chi connectivity index (χ2v) is 3.36. The van der Waals surface area contributed by atoms with Gasteiger partial charge in [-0.05, 0) is 27.1 Å². The lowest BCUT2D eigenvalue weighted by atomic mass is 10.3. The minimum Gasteiger partial charge on any atom is -0.305 e. The average Bonchev–Trinajstić information content (AvgIpc) is 1.84. The lowest BCUT2D eigenvalue weighted by Crippen LogP contribution is -2.13. The number of allylic oxidation sites excluding steroid dienone is 1. The number of hydrazone groups is 1. The first-order valence-corrected chi connectivity index (χ1v) is 4.04. The Morgan fingerprint density at radius 1 is 1.25 bits per heavy atom. The molecule has 0 aromatic heterocycles. The van der Waals surface area contributed by atoms with E-state index >= 15 is 0 Å². The highest BCUT2D eigenvalue weighted by Crippen LogP contribution is 1.91. The Bertz CT molecular complexity index is 169. The van der Waals surface area contributed by atoms with Crippen molar-refractivity contribution >= 4 is 6.21 Å². The summed E-state index contributed by atoms with van der Waals surface area (Å²) >= 11 is 0. The molecular weight excluding hydrogens is 150 g/mol. The van der Waals surface area contributed by atoms with Gasteiger partial charge in [0.2, 0.25) is 0 Å². The predicted octanol–water partition coefficient (Wildman–Crippen LogP) is 1.04. The Hall–Kier alpha value is -0.830. The normalized spacial score (nSPS) is 13.0. The van der Waals surface area contributed by atoms with E-state index in [1.165, 1.54) is 5.57 Å². The van der Waals surface area contributed by atoms with Crippen molar-refractivity contribution in [1.82, 2.24) is 9.91 Å². The van der Waals surface area contributed by atoms with E-state index in [1.807, 2.05) is 26.4 Å². The van der Waals surface area contributed by atoms with Crippen LogP contribution in [0.25, 0.3) is 0 Å². The highest BCUT2D eigenvalue weighted by molar-refractivity contribution is 5.71. The number of likely N-dealkylation sites (N-methyl/N-ethyl adjacent to an activating group) is 1. The highest BCUT2D eigenvalue weighted by Gasteiger charge is 1.89. The highest BCUT2D eigenvalue weighted by atomic mass is 15.4. The minimum absolute atomic E-state index is 0.986. The van der Waals surface area contributed by atoms with Gasteiger partial charge in [0.15, 0.2) is 0 Å². The molecule has 0 bridgehead atoms. The molecule has 70 valence electrons. The third kappa shape index (κ3) is 7.28. The fourth-order valence-corrected chi connectivity index (χ4v) is 0.845. The molecule has 0 fully saturated rings. The summed E-state index contributed by atoms with van der Waals surface area (Å²) in [5.41, 5.74) is 1.31. The smallest absolute Gasteiger partial charge is 0.0470 e. The molecule has 0 unspecified atom stereocenters. The second kappa shape index (κ2) is 5.77. The van der Waals surface area contributed by atoms with Crippen LogP contribution in [-0.4, -0.2) is 50.9 Å². The van der Waals surface area contributed by atoms with Gasteiger partial charge in [-0.15, -0.1) is 0 Å². The van der Waals surface area contributed by atoms with Crippen LogP contribution in [-0.2, 0) is 0 Å². The Balaban J connectivity index is 3.84. The summed E-state index contributed by atoms with van der Waals surface area (Å²) in [6.07, 6.45) is 3.85. The van der Waals surface area contributed by atoms with Crippen molar-refractivity contribution in [3.63, 3.8) is 0 Å². The zero-order valence-corrected chi connectivity index (χ0v) is 8.70. The summed E-state index contributed by atoms with van der Waals surface area (Å²) < 4.78 is 0. The largest absolute Gasteiger partial charge is 0.305 e. The number of hydrogen-bond acceptors (Lipinski definition) is 3. The van der Waals surface area contributed by atoms with Gasteiger partial charge in [-0.2, -0.15) is 5.10 Å². The topological polar surface area (TPSA) is 18.8 Å². The molecular formula is C9H19N3. The quantitative estimate of drug-likeness (QED) is 0.462. The van der Waals surface area contributed by atoms with E-state index in [1.54, 1.807) is 5.01 Å². The molecule has 3 heteroatoms. The van der Waals surface area contributed by atoms with Crippen molar-refractivity contribution in [2.24, 2.45) is 5.10 Å². The fourth-order valence-electron chi connectivity index (χ4n) is 0.845. The molecule has 0 spiro atoms. The lowest BCUT2D eigenvalue weighted by molar-refractivity contribution is 0.439. The molecule has 0 radical (unpaired) electrons. The average molecular weight is 169 g/mol. The maximum atomic E-state index is 4.09. The molecule has 0 rings (SSSR count). The summed E-state index contributed by atoms with van der Waals surface area (Å²) in [5, 5.41) is 5.86. The molecule has 0 saturated carbocycles. The van der Waals surface area contributed by atoms with Crippen LogP contribution in [0.5, 0.6) is 0 Å². The molecule has 0 aliphatic rings. The van der Waals surface area contributed by atoms with Gasteiger partial charge in [0, 0.05) is 26.9 Å². The van der Waals surface area contributed by atoms with E-state index in [0.29, 0.717) is 0 Å². The van der Waals surface area contributed by atoms with Crippen molar-refractivity contribution in [2.75, 3.05) is 34.7 Å². The third-order valence-corrected chi connectivity index (χ3v) is 1.22. The molecule has 0 saturated heterocycles. The fraction of sp³-hybridized carbons (Fsp3) is 0.667. The van der Waals surface area contributed by atoms with Crippen molar-refractivity contribution < 1.29 is 0 Å². The van der Waals surface area contributed by atoms with Gasteiger partial charge in [-0.3, -0.25) is 0 Å². The van der Waals surface area contributed by atoms with E-state index in [9.17, 15) is 0 Å². The molecule has 0 aliphatic carbocycles. The molecule has 0 aliphatic heterocycles.